The standard InChI is InChI=1S/C15H17ClN2O2/c1-18-14(16)8-17-15(18)9-20-11-6-5-10-3-2-4-13(19)12(10)7-11/h5-8,13,19H,2-4,9H2,1H3/t13-/m1/s1. The highest BCUT2D eigenvalue weighted by molar-refractivity contribution is 6.29. The predicted octanol–water partition coefficient (Wildman–Crippen LogP) is 3.02. The van der Waals surface area contributed by atoms with Gasteiger partial charge in [0.15, 0.2) is 0 Å². The fraction of sp³-hybridized carbons (Fsp3) is 0.400. The van der Waals surface area contributed by atoms with Crippen LogP contribution in [0.25, 0.3) is 0 Å². The molecule has 0 unspecified atom stereocenters. The molecule has 0 bridgehead atoms. The Labute approximate surface area is 123 Å². The molecule has 1 aromatic heterocycles. The summed E-state index contributed by atoms with van der Waals surface area (Å²) in [4.78, 5) is 4.19. The molecule has 1 atom stereocenters. The molecule has 2 aromatic rings. The zero-order valence-electron chi connectivity index (χ0n) is 11.3. The van der Waals surface area contributed by atoms with Crippen molar-refractivity contribution < 1.29 is 9.84 Å². The lowest BCUT2D eigenvalue weighted by atomic mass is 9.89. The third kappa shape index (κ3) is 2.53. The second-order valence-corrected chi connectivity index (χ2v) is 5.50. The van der Waals surface area contributed by atoms with Crippen LogP contribution in [0.4, 0.5) is 0 Å². The van der Waals surface area contributed by atoms with Crippen LogP contribution >= 0.6 is 11.6 Å². The Morgan fingerprint density at radius 1 is 1.50 bits per heavy atom. The summed E-state index contributed by atoms with van der Waals surface area (Å²) in [6.07, 6.45) is 4.13. The number of ether oxygens (including phenoxy) is 1. The van der Waals surface area contributed by atoms with Crippen molar-refractivity contribution in [2.24, 2.45) is 7.05 Å². The maximum atomic E-state index is 10.0. The van der Waals surface area contributed by atoms with E-state index in [1.54, 1.807) is 10.8 Å². The minimum absolute atomic E-state index is 0.359. The molecule has 0 fully saturated rings. The molecule has 20 heavy (non-hydrogen) atoms. The summed E-state index contributed by atoms with van der Waals surface area (Å²) in [5, 5.41) is 10.6. The average molecular weight is 293 g/mol. The lowest BCUT2D eigenvalue weighted by Crippen LogP contribution is -2.10. The number of aliphatic hydroxyl groups is 1. The molecule has 1 aromatic carbocycles. The van der Waals surface area contributed by atoms with E-state index < -0.39 is 0 Å². The van der Waals surface area contributed by atoms with Gasteiger partial charge in [-0.25, -0.2) is 4.98 Å². The van der Waals surface area contributed by atoms with Gasteiger partial charge in [-0.15, -0.1) is 0 Å². The van der Waals surface area contributed by atoms with Crippen LogP contribution in [0.2, 0.25) is 5.15 Å². The monoisotopic (exact) mass is 292 g/mol. The van der Waals surface area contributed by atoms with Gasteiger partial charge in [0.25, 0.3) is 0 Å². The molecule has 1 heterocycles. The maximum absolute atomic E-state index is 10.0. The van der Waals surface area contributed by atoms with Crippen LogP contribution in [0.5, 0.6) is 5.75 Å². The quantitative estimate of drug-likeness (QED) is 0.946. The van der Waals surface area contributed by atoms with Gasteiger partial charge in [-0.1, -0.05) is 17.7 Å². The van der Waals surface area contributed by atoms with Crippen LogP contribution in [0.15, 0.2) is 24.4 Å². The zero-order valence-corrected chi connectivity index (χ0v) is 12.1. The van der Waals surface area contributed by atoms with E-state index in [-0.39, 0.29) is 6.10 Å². The Morgan fingerprint density at radius 2 is 2.35 bits per heavy atom. The van der Waals surface area contributed by atoms with E-state index in [1.807, 2.05) is 25.2 Å². The molecule has 0 saturated heterocycles. The highest BCUT2D eigenvalue weighted by Crippen LogP contribution is 2.32. The number of aromatic nitrogens is 2. The van der Waals surface area contributed by atoms with Gasteiger partial charge in [0, 0.05) is 7.05 Å². The summed E-state index contributed by atoms with van der Waals surface area (Å²) in [7, 11) is 1.85. The molecule has 1 aliphatic rings. The Bertz CT molecular complexity index is 624. The van der Waals surface area contributed by atoms with Gasteiger partial charge >= 0.3 is 0 Å². The van der Waals surface area contributed by atoms with Crippen LogP contribution in [0.3, 0.4) is 0 Å². The normalized spacial score (nSPS) is 17.9. The van der Waals surface area contributed by atoms with Crippen molar-refractivity contribution in [2.75, 3.05) is 0 Å². The first-order chi connectivity index (χ1) is 9.65. The molecule has 0 spiro atoms. The van der Waals surface area contributed by atoms with E-state index in [0.29, 0.717) is 11.8 Å². The summed E-state index contributed by atoms with van der Waals surface area (Å²) in [6, 6.07) is 5.92. The van der Waals surface area contributed by atoms with E-state index in [4.69, 9.17) is 16.3 Å². The number of benzene rings is 1. The van der Waals surface area contributed by atoms with Gasteiger partial charge in [0.05, 0.1) is 12.3 Å². The fourth-order valence-corrected chi connectivity index (χ4v) is 2.69. The number of hydrogen-bond acceptors (Lipinski definition) is 3. The first-order valence-corrected chi connectivity index (χ1v) is 7.12. The molecular formula is C15H17ClN2O2. The fourth-order valence-electron chi connectivity index (χ4n) is 2.55. The van der Waals surface area contributed by atoms with Crippen LogP contribution in [0, 0.1) is 0 Å². The summed E-state index contributed by atoms with van der Waals surface area (Å²) < 4.78 is 7.53. The van der Waals surface area contributed by atoms with Crippen molar-refractivity contribution in [3.8, 4) is 5.75 Å². The van der Waals surface area contributed by atoms with Crippen LogP contribution in [0.1, 0.15) is 35.9 Å². The van der Waals surface area contributed by atoms with Crippen molar-refractivity contribution >= 4 is 11.6 Å². The van der Waals surface area contributed by atoms with Gasteiger partial charge in [-0.2, -0.15) is 0 Å². The Morgan fingerprint density at radius 3 is 3.10 bits per heavy atom. The number of aryl methyl sites for hydroxylation is 1. The van der Waals surface area contributed by atoms with Crippen LogP contribution < -0.4 is 4.74 Å². The minimum Gasteiger partial charge on any atom is -0.486 e. The van der Waals surface area contributed by atoms with Gasteiger partial charge in [-0.3, -0.25) is 0 Å². The number of nitrogens with zero attached hydrogens (tertiary/aromatic N) is 2. The lowest BCUT2D eigenvalue weighted by molar-refractivity contribution is 0.156. The van der Waals surface area contributed by atoms with Crippen molar-refractivity contribution in [3.05, 3.63) is 46.5 Å². The third-order valence-electron chi connectivity index (χ3n) is 3.80. The number of rotatable bonds is 3. The van der Waals surface area contributed by atoms with Crippen molar-refractivity contribution in [1.82, 2.24) is 9.55 Å². The van der Waals surface area contributed by atoms with E-state index >= 15 is 0 Å². The van der Waals surface area contributed by atoms with Crippen molar-refractivity contribution in [2.45, 2.75) is 32.0 Å². The first kappa shape index (κ1) is 13.5. The molecule has 0 radical (unpaired) electrons. The van der Waals surface area contributed by atoms with Crippen molar-refractivity contribution in [3.63, 3.8) is 0 Å². The van der Waals surface area contributed by atoms with Crippen LogP contribution in [-0.4, -0.2) is 14.7 Å². The number of imidazole rings is 1. The largest absolute Gasteiger partial charge is 0.486 e. The highest BCUT2D eigenvalue weighted by atomic mass is 35.5. The Hall–Kier alpha value is -1.52. The SMILES string of the molecule is Cn1c(Cl)cnc1COc1ccc2c(c1)[C@H](O)CCC2. The predicted molar refractivity (Wildman–Crippen MR) is 76.9 cm³/mol. The lowest BCUT2D eigenvalue weighted by Gasteiger charge is -2.21. The second kappa shape index (κ2) is 5.46. The third-order valence-corrected chi connectivity index (χ3v) is 4.15. The molecule has 0 saturated carbocycles. The second-order valence-electron chi connectivity index (χ2n) is 5.11. The van der Waals surface area contributed by atoms with E-state index in [1.165, 1.54) is 5.56 Å². The van der Waals surface area contributed by atoms with Gasteiger partial charge in [-0.05, 0) is 42.5 Å². The van der Waals surface area contributed by atoms with Gasteiger partial charge in [0.2, 0.25) is 0 Å². The van der Waals surface area contributed by atoms with E-state index in [9.17, 15) is 5.11 Å². The smallest absolute Gasteiger partial charge is 0.147 e. The average Bonchev–Trinajstić information content (AvgIpc) is 2.77. The molecule has 1 aliphatic carbocycles. The zero-order chi connectivity index (χ0) is 14.1. The Kier molecular flexibility index (Phi) is 3.68. The molecule has 4 nitrogen and oxygen atoms in total. The van der Waals surface area contributed by atoms with E-state index in [2.05, 4.69) is 4.98 Å². The van der Waals surface area contributed by atoms with Gasteiger partial charge < -0.3 is 14.4 Å². The van der Waals surface area contributed by atoms with Crippen LogP contribution in [-0.2, 0) is 20.1 Å². The number of hydrogen-bond donors (Lipinski definition) is 1. The molecule has 106 valence electrons. The summed E-state index contributed by atoms with van der Waals surface area (Å²) in [6.45, 7) is 0.359. The van der Waals surface area contributed by atoms with E-state index in [0.717, 1.165) is 36.4 Å². The Balaban J connectivity index is 1.75. The first-order valence-electron chi connectivity index (χ1n) is 6.75. The topological polar surface area (TPSA) is 47.3 Å². The van der Waals surface area contributed by atoms with Crippen molar-refractivity contribution in [1.29, 1.82) is 0 Å². The summed E-state index contributed by atoms with van der Waals surface area (Å²) in [5.74, 6) is 1.53. The number of fused-ring (bicyclic) bond motifs is 1. The van der Waals surface area contributed by atoms with Gasteiger partial charge in [0.1, 0.15) is 23.3 Å². The molecule has 5 heteroatoms. The molecule has 1 N–H and O–H groups in total. The number of aliphatic hydroxyl groups excluding tert-OH is 1. The highest BCUT2D eigenvalue weighted by Gasteiger charge is 2.18. The number of halogens is 1. The molecule has 0 aliphatic heterocycles. The summed E-state index contributed by atoms with van der Waals surface area (Å²) >= 11 is 5.94. The summed E-state index contributed by atoms with van der Waals surface area (Å²) in [5.41, 5.74) is 2.21. The molecule has 3 rings (SSSR count). The molecule has 0 amide bonds. The maximum Gasteiger partial charge on any atom is 0.147 e. The molecular weight excluding hydrogens is 276 g/mol. The minimum atomic E-state index is -0.370.